The number of halogens is 3. The highest BCUT2D eigenvalue weighted by Crippen LogP contribution is 2.28. The SMILES string of the molecule is CC(C)(C)c1nc(Cl)ncc1C(=O)Nc1ccc(Cl)cc1Cl. The van der Waals surface area contributed by atoms with Crippen molar-refractivity contribution in [1.82, 2.24) is 9.97 Å². The molecular formula is C15H14Cl3N3O. The highest BCUT2D eigenvalue weighted by molar-refractivity contribution is 6.36. The molecule has 0 bridgehead atoms. The van der Waals surface area contributed by atoms with Crippen molar-refractivity contribution in [3.05, 3.63) is 51.0 Å². The minimum absolute atomic E-state index is 0.103. The predicted octanol–water partition coefficient (Wildman–Crippen LogP) is 4.99. The van der Waals surface area contributed by atoms with Gasteiger partial charge in [-0.15, -0.1) is 0 Å². The summed E-state index contributed by atoms with van der Waals surface area (Å²) in [5.41, 5.74) is 1.02. The summed E-state index contributed by atoms with van der Waals surface area (Å²) in [5, 5.41) is 3.68. The number of nitrogens with zero attached hydrogens (tertiary/aromatic N) is 2. The summed E-state index contributed by atoms with van der Waals surface area (Å²) in [6.45, 7) is 5.83. The van der Waals surface area contributed by atoms with E-state index in [0.29, 0.717) is 27.0 Å². The van der Waals surface area contributed by atoms with E-state index in [9.17, 15) is 4.79 Å². The maximum atomic E-state index is 12.5. The lowest BCUT2D eigenvalue weighted by molar-refractivity contribution is 0.102. The molecule has 0 spiro atoms. The largest absolute Gasteiger partial charge is 0.321 e. The second-order valence-corrected chi connectivity index (χ2v) is 6.91. The lowest BCUT2D eigenvalue weighted by Gasteiger charge is -2.21. The standard InChI is InChI=1S/C15H14Cl3N3O/c1-15(2,3)12-9(7-19-14(18)21-12)13(22)20-11-5-4-8(16)6-10(11)17/h4-7H,1-3H3,(H,20,22). The van der Waals surface area contributed by atoms with E-state index in [-0.39, 0.29) is 16.6 Å². The van der Waals surface area contributed by atoms with Gasteiger partial charge in [0.1, 0.15) is 0 Å². The zero-order chi connectivity index (χ0) is 16.5. The third-order valence-electron chi connectivity index (χ3n) is 2.89. The summed E-state index contributed by atoms with van der Waals surface area (Å²) in [5.74, 6) is -0.356. The molecule has 0 aliphatic carbocycles. The molecule has 1 aromatic heterocycles. The van der Waals surface area contributed by atoms with E-state index in [1.54, 1.807) is 18.2 Å². The smallest absolute Gasteiger partial charge is 0.259 e. The van der Waals surface area contributed by atoms with Gasteiger partial charge in [0.2, 0.25) is 5.28 Å². The first-order valence-electron chi connectivity index (χ1n) is 6.48. The predicted molar refractivity (Wildman–Crippen MR) is 90.2 cm³/mol. The lowest BCUT2D eigenvalue weighted by atomic mass is 9.88. The molecule has 7 heteroatoms. The third-order valence-corrected chi connectivity index (χ3v) is 3.62. The first-order chi connectivity index (χ1) is 10.2. The van der Waals surface area contributed by atoms with Crippen molar-refractivity contribution in [1.29, 1.82) is 0 Å². The van der Waals surface area contributed by atoms with Gasteiger partial charge in [-0.2, -0.15) is 0 Å². The Kier molecular flexibility index (Phi) is 4.95. The van der Waals surface area contributed by atoms with Gasteiger partial charge in [-0.25, -0.2) is 9.97 Å². The maximum absolute atomic E-state index is 12.5. The van der Waals surface area contributed by atoms with Crippen molar-refractivity contribution in [2.24, 2.45) is 0 Å². The number of aromatic nitrogens is 2. The number of hydrogen-bond donors (Lipinski definition) is 1. The molecule has 1 N–H and O–H groups in total. The molecule has 4 nitrogen and oxygen atoms in total. The molecular weight excluding hydrogens is 345 g/mol. The van der Waals surface area contributed by atoms with Gasteiger partial charge in [-0.3, -0.25) is 4.79 Å². The van der Waals surface area contributed by atoms with Crippen molar-refractivity contribution in [2.45, 2.75) is 26.2 Å². The van der Waals surface area contributed by atoms with Crippen molar-refractivity contribution < 1.29 is 4.79 Å². The van der Waals surface area contributed by atoms with Crippen LogP contribution in [0.3, 0.4) is 0 Å². The third kappa shape index (κ3) is 3.88. The van der Waals surface area contributed by atoms with Gasteiger partial charge in [-0.1, -0.05) is 44.0 Å². The van der Waals surface area contributed by atoms with Crippen LogP contribution in [0.2, 0.25) is 15.3 Å². The average Bonchev–Trinajstić information content (AvgIpc) is 2.40. The highest BCUT2D eigenvalue weighted by atomic mass is 35.5. The van der Waals surface area contributed by atoms with Crippen molar-refractivity contribution in [2.75, 3.05) is 5.32 Å². The zero-order valence-corrected chi connectivity index (χ0v) is 14.5. The topological polar surface area (TPSA) is 54.9 Å². The number of hydrogen-bond acceptors (Lipinski definition) is 3. The van der Waals surface area contributed by atoms with Crippen LogP contribution in [0.5, 0.6) is 0 Å². The fourth-order valence-electron chi connectivity index (χ4n) is 1.88. The van der Waals surface area contributed by atoms with Crippen LogP contribution in [0.4, 0.5) is 5.69 Å². The van der Waals surface area contributed by atoms with Crippen molar-refractivity contribution in [3.8, 4) is 0 Å². The highest BCUT2D eigenvalue weighted by Gasteiger charge is 2.25. The Labute approximate surface area is 143 Å². The van der Waals surface area contributed by atoms with E-state index in [1.165, 1.54) is 6.20 Å². The van der Waals surface area contributed by atoms with Crippen molar-refractivity contribution >= 4 is 46.4 Å². The number of rotatable bonds is 2. The molecule has 0 aliphatic rings. The van der Waals surface area contributed by atoms with Crippen LogP contribution in [0.25, 0.3) is 0 Å². The Bertz CT molecular complexity index is 726. The number of carbonyl (C=O) groups is 1. The summed E-state index contributed by atoms with van der Waals surface area (Å²) in [6.07, 6.45) is 1.41. The Hall–Kier alpha value is -1.36. The van der Waals surface area contributed by atoms with Crippen LogP contribution >= 0.6 is 34.8 Å². The average molecular weight is 359 g/mol. The molecule has 1 heterocycles. The van der Waals surface area contributed by atoms with E-state index in [2.05, 4.69) is 15.3 Å². The summed E-state index contributed by atoms with van der Waals surface area (Å²) in [6, 6.07) is 4.84. The minimum Gasteiger partial charge on any atom is -0.321 e. The van der Waals surface area contributed by atoms with Crippen LogP contribution in [-0.4, -0.2) is 15.9 Å². The van der Waals surface area contributed by atoms with Gasteiger partial charge in [0, 0.05) is 16.6 Å². The van der Waals surface area contributed by atoms with Crippen LogP contribution in [0.15, 0.2) is 24.4 Å². The number of anilines is 1. The van der Waals surface area contributed by atoms with Gasteiger partial charge in [0.25, 0.3) is 5.91 Å². The molecule has 1 amide bonds. The summed E-state index contributed by atoms with van der Waals surface area (Å²) in [4.78, 5) is 20.6. The minimum atomic E-state index is -0.358. The normalized spacial score (nSPS) is 11.4. The van der Waals surface area contributed by atoms with Gasteiger partial charge in [-0.05, 0) is 29.8 Å². The van der Waals surface area contributed by atoms with Gasteiger partial charge in [0.05, 0.1) is 22.0 Å². The van der Waals surface area contributed by atoms with Gasteiger partial charge < -0.3 is 5.32 Å². The van der Waals surface area contributed by atoms with Crippen LogP contribution in [-0.2, 0) is 5.41 Å². The Morgan fingerprint density at radius 2 is 1.86 bits per heavy atom. The second-order valence-electron chi connectivity index (χ2n) is 5.73. The van der Waals surface area contributed by atoms with Gasteiger partial charge >= 0.3 is 0 Å². The number of benzene rings is 1. The summed E-state index contributed by atoms with van der Waals surface area (Å²) < 4.78 is 0. The number of nitrogens with one attached hydrogen (secondary N) is 1. The van der Waals surface area contributed by atoms with Crippen LogP contribution < -0.4 is 5.32 Å². The molecule has 0 atom stereocenters. The quantitative estimate of drug-likeness (QED) is 0.770. The molecule has 116 valence electrons. The molecule has 0 unspecified atom stereocenters. The Morgan fingerprint density at radius 1 is 1.18 bits per heavy atom. The Balaban J connectivity index is 2.38. The summed E-state index contributed by atoms with van der Waals surface area (Å²) in [7, 11) is 0. The van der Waals surface area contributed by atoms with Crippen molar-refractivity contribution in [3.63, 3.8) is 0 Å². The lowest BCUT2D eigenvalue weighted by Crippen LogP contribution is -2.23. The molecule has 0 aliphatic heterocycles. The molecule has 0 saturated heterocycles. The molecule has 0 saturated carbocycles. The van der Waals surface area contributed by atoms with E-state index >= 15 is 0 Å². The molecule has 0 radical (unpaired) electrons. The molecule has 1 aromatic carbocycles. The molecule has 2 rings (SSSR count). The molecule has 2 aromatic rings. The van der Waals surface area contributed by atoms with E-state index in [4.69, 9.17) is 34.8 Å². The number of carbonyl (C=O) groups excluding carboxylic acids is 1. The number of amides is 1. The van der Waals surface area contributed by atoms with Gasteiger partial charge in [0.15, 0.2) is 0 Å². The second kappa shape index (κ2) is 6.41. The first-order valence-corrected chi connectivity index (χ1v) is 7.61. The van der Waals surface area contributed by atoms with E-state index in [0.717, 1.165) is 0 Å². The fourth-order valence-corrected chi connectivity index (χ4v) is 2.47. The Morgan fingerprint density at radius 3 is 2.45 bits per heavy atom. The maximum Gasteiger partial charge on any atom is 0.259 e. The monoisotopic (exact) mass is 357 g/mol. The van der Waals surface area contributed by atoms with E-state index < -0.39 is 0 Å². The van der Waals surface area contributed by atoms with Crippen LogP contribution in [0.1, 0.15) is 36.8 Å². The summed E-state index contributed by atoms with van der Waals surface area (Å²) >= 11 is 17.7. The molecule has 0 fully saturated rings. The fraction of sp³-hybridized carbons (Fsp3) is 0.267. The molecule has 22 heavy (non-hydrogen) atoms. The first kappa shape index (κ1) is 17.0. The van der Waals surface area contributed by atoms with Crippen LogP contribution in [0, 0.1) is 0 Å². The van der Waals surface area contributed by atoms with E-state index in [1.807, 2.05) is 20.8 Å². The zero-order valence-electron chi connectivity index (χ0n) is 12.2.